The van der Waals surface area contributed by atoms with Gasteiger partial charge in [0.15, 0.2) is 11.5 Å². The highest BCUT2D eigenvalue weighted by Crippen LogP contribution is 2.33. The number of benzene rings is 2. The molecule has 15 heteroatoms. The molecule has 0 saturated carbocycles. The number of hydrazine groups is 1. The number of aromatic nitrogens is 5. The minimum Gasteiger partial charge on any atom is -0.384 e. The third-order valence-electron chi connectivity index (χ3n) is 10.3. The molecule has 3 N–H and O–H groups in total. The second kappa shape index (κ2) is 16.6. The number of amides is 1. The number of anilines is 4. The van der Waals surface area contributed by atoms with Gasteiger partial charge in [0.05, 0.1) is 18.3 Å². The summed E-state index contributed by atoms with van der Waals surface area (Å²) in [5, 5.41) is 8.94. The molecule has 7 rings (SSSR count). The molecule has 1 saturated heterocycles. The van der Waals surface area contributed by atoms with E-state index in [1.165, 1.54) is 0 Å². The van der Waals surface area contributed by atoms with E-state index in [0.717, 1.165) is 53.0 Å². The average molecular weight is 746 g/mol. The van der Waals surface area contributed by atoms with Gasteiger partial charge >= 0.3 is 0 Å². The van der Waals surface area contributed by atoms with Crippen LogP contribution in [0.2, 0.25) is 0 Å². The molecule has 0 radical (unpaired) electrons. The molecule has 2 aromatic carbocycles. The van der Waals surface area contributed by atoms with Gasteiger partial charge in [0.1, 0.15) is 11.7 Å². The Labute approximate surface area is 319 Å². The van der Waals surface area contributed by atoms with Gasteiger partial charge in [0, 0.05) is 94.2 Å². The number of aldehydes is 1. The van der Waals surface area contributed by atoms with E-state index >= 15 is 0 Å². The molecule has 1 atom stereocenters. The van der Waals surface area contributed by atoms with Crippen LogP contribution in [0.3, 0.4) is 0 Å². The second-order valence-corrected chi connectivity index (χ2v) is 13.7. The van der Waals surface area contributed by atoms with Crippen molar-refractivity contribution in [1.29, 1.82) is 0 Å². The van der Waals surface area contributed by atoms with E-state index < -0.39 is 0 Å². The predicted molar refractivity (Wildman–Crippen MR) is 213 cm³/mol. The molecular weight excluding hydrogens is 699 g/mol. The molecule has 286 valence electrons. The molecular formula is C40H47N11O4. The molecule has 1 amide bonds. The fraction of sp³-hybridized carbons (Fsp3) is 0.350. The Balaban J connectivity index is 0.975. The van der Waals surface area contributed by atoms with Crippen molar-refractivity contribution in [2.75, 3.05) is 69.5 Å². The topological polar surface area (TPSA) is 155 Å². The van der Waals surface area contributed by atoms with E-state index in [4.69, 9.17) is 14.7 Å². The lowest BCUT2D eigenvalue weighted by Crippen LogP contribution is -2.49. The zero-order valence-electron chi connectivity index (χ0n) is 31.5. The maximum absolute atomic E-state index is 13.5. The minimum atomic E-state index is -0.223. The standard InChI is InChI=1S/C40H47N11O4/c1-5-19-50-39(54)31-24-43-40(46-38(31)51(50)35-16-10-27-9-15-34(55-4)37(27)45-35)44-29-11-13-30(14-12-29)48-20-22-49(23-21-48)36(53)17-18-42-33-8-6-7-28(26-52)32(33)25-47(3)41-2/h5-8,10-14,16,24,26,34,41-42H,1,9,15,17-23,25H2,2-4H3,(H,43,44,46). The lowest BCUT2D eigenvalue weighted by Gasteiger charge is -2.36. The van der Waals surface area contributed by atoms with Gasteiger partial charge in [-0.2, -0.15) is 4.98 Å². The van der Waals surface area contributed by atoms with Crippen molar-refractivity contribution in [3.63, 3.8) is 0 Å². The third-order valence-corrected chi connectivity index (χ3v) is 10.3. The molecule has 3 aromatic heterocycles. The van der Waals surface area contributed by atoms with Crippen LogP contribution in [-0.2, 0) is 29.0 Å². The summed E-state index contributed by atoms with van der Waals surface area (Å²) in [5.74, 6) is 1.02. The van der Waals surface area contributed by atoms with Crippen LogP contribution < -0.4 is 26.5 Å². The van der Waals surface area contributed by atoms with E-state index in [-0.39, 0.29) is 24.1 Å². The summed E-state index contributed by atoms with van der Waals surface area (Å²) in [6.45, 7) is 7.84. The summed E-state index contributed by atoms with van der Waals surface area (Å²) in [5.41, 5.74) is 9.52. The zero-order chi connectivity index (χ0) is 38.5. The molecule has 15 nitrogen and oxygen atoms in total. The summed E-state index contributed by atoms with van der Waals surface area (Å²) in [6, 6.07) is 17.6. The minimum absolute atomic E-state index is 0.0871. The Morgan fingerprint density at radius 1 is 1.07 bits per heavy atom. The highest BCUT2D eigenvalue weighted by molar-refractivity contribution is 5.81. The summed E-state index contributed by atoms with van der Waals surface area (Å²) >= 11 is 0. The van der Waals surface area contributed by atoms with Gasteiger partial charge < -0.3 is 25.2 Å². The van der Waals surface area contributed by atoms with Crippen molar-refractivity contribution in [1.82, 2.24) is 39.7 Å². The fourth-order valence-electron chi connectivity index (χ4n) is 7.30. The summed E-state index contributed by atoms with van der Waals surface area (Å²) < 4.78 is 8.97. The van der Waals surface area contributed by atoms with Gasteiger partial charge in [0.25, 0.3) is 5.56 Å². The Bertz CT molecular complexity index is 2240. The summed E-state index contributed by atoms with van der Waals surface area (Å²) in [7, 11) is 5.43. The Hall–Kier alpha value is -5.90. The van der Waals surface area contributed by atoms with Crippen LogP contribution in [0.25, 0.3) is 16.9 Å². The van der Waals surface area contributed by atoms with Crippen LogP contribution in [0.1, 0.15) is 46.1 Å². The van der Waals surface area contributed by atoms with E-state index in [0.29, 0.717) is 74.1 Å². The zero-order valence-corrected chi connectivity index (χ0v) is 31.5. The monoisotopic (exact) mass is 745 g/mol. The van der Waals surface area contributed by atoms with Crippen LogP contribution in [0.5, 0.6) is 0 Å². The predicted octanol–water partition coefficient (Wildman–Crippen LogP) is 4.07. The van der Waals surface area contributed by atoms with Crippen molar-refractivity contribution in [3.05, 3.63) is 106 Å². The van der Waals surface area contributed by atoms with Crippen molar-refractivity contribution in [2.24, 2.45) is 0 Å². The Morgan fingerprint density at radius 2 is 1.87 bits per heavy atom. The highest BCUT2D eigenvalue weighted by atomic mass is 16.5. The molecule has 1 fully saturated rings. The molecule has 5 aromatic rings. The highest BCUT2D eigenvalue weighted by Gasteiger charge is 2.26. The van der Waals surface area contributed by atoms with Crippen LogP contribution in [-0.4, -0.2) is 100 Å². The normalized spacial score (nSPS) is 15.4. The SMILES string of the molecule is C=CCn1c(=O)c2cnc(Nc3ccc(N4CCN(C(=O)CCNc5cccc(C=O)c5CN(C)NC)CC4)cc3)nc2n1-c1ccc2c(n1)C(OC)CC2. The lowest BCUT2D eigenvalue weighted by atomic mass is 10.1. The van der Waals surface area contributed by atoms with Crippen molar-refractivity contribution >= 4 is 46.2 Å². The van der Waals surface area contributed by atoms with Gasteiger partial charge in [-0.3, -0.25) is 19.8 Å². The number of pyridine rings is 1. The average Bonchev–Trinajstić information content (AvgIpc) is 3.75. The number of fused-ring (bicyclic) bond motifs is 2. The molecule has 1 aliphatic carbocycles. The first-order valence-corrected chi connectivity index (χ1v) is 18.5. The van der Waals surface area contributed by atoms with Gasteiger partial charge in [-0.25, -0.2) is 24.3 Å². The molecule has 4 heterocycles. The molecule has 2 aliphatic rings. The Morgan fingerprint density at radius 3 is 2.60 bits per heavy atom. The quantitative estimate of drug-likeness (QED) is 0.0804. The number of rotatable bonds is 15. The third kappa shape index (κ3) is 7.85. The first-order valence-electron chi connectivity index (χ1n) is 18.5. The summed E-state index contributed by atoms with van der Waals surface area (Å²) in [4.78, 5) is 56.6. The number of hydrogen-bond donors (Lipinski definition) is 3. The first-order chi connectivity index (χ1) is 26.8. The molecule has 0 spiro atoms. The Kier molecular flexibility index (Phi) is 11.3. The maximum atomic E-state index is 13.5. The number of hydrogen-bond acceptors (Lipinski definition) is 12. The van der Waals surface area contributed by atoms with E-state index in [1.807, 2.05) is 72.5 Å². The maximum Gasteiger partial charge on any atom is 0.278 e. The van der Waals surface area contributed by atoms with Gasteiger partial charge in [-0.05, 0) is 61.9 Å². The first kappa shape index (κ1) is 37.4. The number of nitrogens with one attached hydrogen (secondary N) is 3. The number of ether oxygens (including phenoxy) is 1. The number of carbonyl (C=O) groups is 2. The molecule has 1 unspecified atom stereocenters. The number of piperazine rings is 1. The van der Waals surface area contributed by atoms with Crippen LogP contribution in [0, 0.1) is 0 Å². The number of methoxy groups -OCH3 is 1. The smallest absolute Gasteiger partial charge is 0.278 e. The molecule has 55 heavy (non-hydrogen) atoms. The van der Waals surface area contributed by atoms with E-state index in [1.54, 1.807) is 34.8 Å². The van der Waals surface area contributed by atoms with E-state index in [9.17, 15) is 14.4 Å². The number of carbonyl (C=O) groups excluding carboxylic acids is 2. The van der Waals surface area contributed by atoms with Crippen LogP contribution >= 0.6 is 0 Å². The number of allylic oxidation sites excluding steroid dienone is 1. The van der Waals surface area contributed by atoms with Gasteiger partial charge in [0.2, 0.25) is 11.9 Å². The molecule has 0 bridgehead atoms. The lowest BCUT2D eigenvalue weighted by molar-refractivity contribution is -0.131. The second-order valence-electron chi connectivity index (χ2n) is 13.7. The summed E-state index contributed by atoms with van der Waals surface area (Å²) in [6.07, 6.45) is 6.12. The van der Waals surface area contributed by atoms with Crippen LogP contribution in [0.15, 0.2) is 78.2 Å². The number of aryl methyl sites for hydroxylation is 1. The fourth-order valence-corrected chi connectivity index (χ4v) is 7.30. The van der Waals surface area contributed by atoms with Crippen molar-refractivity contribution < 1.29 is 14.3 Å². The van der Waals surface area contributed by atoms with Gasteiger partial charge in [-0.15, -0.1) is 6.58 Å². The van der Waals surface area contributed by atoms with Gasteiger partial charge in [-0.1, -0.05) is 24.3 Å². The largest absolute Gasteiger partial charge is 0.384 e. The number of nitrogens with zero attached hydrogens (tertiary/aromatic N) is 8. The van der Waals surface area contributed by atoms with Crippen molar-refractivity contribution in [3.8, 4) is 5.82 Å². The molecule has 1 aliphatic heterocycles. The van der Waals surface area contributed by atoms with E-state index in [2.05, 4.69) is 32.5 Å². The van der Waals surface area contributed by atoms with Crippen LogP contribution in [0.4, 0.5) is 23.0 Å². The van der Waals surface area contributed by atoms with Crippen molar-refractivity contribution in [2.45, 2.75) is 38.5 Å².